The average Bonchev–Trinajstić information content (AvgIpc) is 3.12. The minimum absolute atomic E-state index is 0.0855. The number of aryl methyl sites for hydroxylation is 2. The van der Waals surface area contributed by atoms with Crippen LogP contribution in [0.4, 0.5) is 13.2 Å². The van der Waals surface area contributed by atoms with E-state index < -0.39 is 21.8 Å². The summed E-state index contributed by atoms with van der Waals surface area (Å²) in [6.07, 6.45) is -2.47. The van der Waals surface area contributed by atoms with Crippen molar-refractivity contribution in [2.75, 3.05) is 19.6 Å². The highest BCUT2D eigenvalue weighted by molar-refractivity contribution is 7.89. The first-order chi connectivity index (χ1) is 15.0. The molecule has 0 spiro atoms. The van der Waals surface area contributed by atoms with Gasteiger partial charge in [0.2, 0.25) is 15.9 Å². The first-order valence-corrected chi connectivity index (χ1v) is 12.7. The first-order valence-electron chi connectivity index (χ1n) is 10.4. The van der Waals surface area contributed by atoms with Gasteiger partial charge in [0.25, 0.3) is 0 Å². The lowest BCUT2D eigenvalue weighted by atomic mass is 9.97. The SMILES string of the molecule is CCc1nc(CCNC(=O)C2CCN(S(=O)(=O)c3cccc(C(F)(F)F)c3)CC2)sc1C. The Morgan fingerprint density at radius 3 is 2.56 bits per heavy atom. The summed E-state index contributed by atoms with van der Waals surface area (Å²) in [5.41, 5.74) is 0.0694. The number of hydrogen-bond acceptors (Lipinski definition) is 5. The normalized spacial score (nSPS) is 16.3. The van der Waals surface area contributed by atoms with Gasteiger partial charge in [-0.15, -0.1) is 11.3 Å². The lowest BCUT2D eigenvalue weighted by Gasteiger charge is -2.30. The van der Waals surface area contributed by atoms with E-state index in [-0.39, 0.29) is 29.8 Å². The summed E-state index contributed by atoms with van der Waals surface area (Å²) >= 11 is 1.62. The molecule has 1 fully saturated rings. The number of hydrogen-bond donors (Lipinski definition) is 1. The van der Waals surface area contributed by atoms with Crippen LogP contribution in [-0.2, 0) is 33.8 Å². The standard InChI is InChI=1S/C21H26F3N3O3S2/c1-3-18-14(2)31-19(26-18)7-10-25-20(28)15-8-11-27(12-9-15)32(29,30)17-6-4-5-16(13-17)21(22,23)24/h4-6,13,15H,3,7-12H2,1-2H3,(H,25,28). The third kappa shape index (κ3) is 5.68. The summed E-state index contributed by atoms with van der Waals surface area (Å²) in [7, 11) is -4.06. The number of halogens is 3. The summed E-state index contributed by atoms with van der Waals surface area (Å²) in [5, 5.41) is 3.87. The number of benzene rings is 1. The maximum atomic E-state index is 12.9. The molecule has 0 aliphatic carbocycles. The highest BCUT2D eigenvalue weighted by Crippen LogP contribution is 2.32. The van der Waals surface area contributed by atoms with Crippen molar-refractivity contribution in [2.24, 2.45) is 5.92 Å². The molecular weight excluding hydrogens is 463 g/mol. The Bertz CT molecular complexity index is 1060. The number of carbonyl (C=O) groups is 1. The number of amides is 1. The lowest BCUT2D eigenvalue weighted by molar-refractivity contribution is -0.137. The number of carbonyl (C=O) groups excluding carboxylic acids is 1. The second kappa shape index (κ2) is 9.88. The van der Waals surface area contributed by atoms with Crippen LogP contribution in [0.25, 0.3) is 0 Å². The first kappa shape index (κ1) is 24.7. The van der Waals surface area contributed by atoms with E-state index in [0.717, 1.165) is 39.6 Å². The highest BCUT2D eigenvalue weighted by Gasteiger charge is 2.35. The third-order valence-electron chi connectivity index (χ3n) is 5.53. The molecule has 3 rings (SSSR count). The van der Waals surface area contributed by atoms with Crippen LogP contribution >= 0.6 is 11.3 Å². The van der Waals surface area contributed by atoms with E-state index >= 15 is 0 Å². The second-order valence-electron chi connectivity index (χ2n) is 7.71. The van der Waals surface area contributed by atoms with Crippen molar-refractivity contribution in [3.63, 3.8) is 0 Å². The molecule has 1 aromatic carbocycles. The van der Waals surface area contributed by atoms with Crippen LogP contribution in [-0.4, -0.2) is 43.2 Å². The third-order valence-corrected chi connectivity index (χ3v) is 8.50. The number of nitrogens with one attached hydrogen (secondary N) is 1. The molecule has 0 radical (unpaired) electrons. The van der Waals surface area contributed by atoms with Crippen LogP contribution in [0.3, 0.4) is 0 Å². The minimum Gasteiger partial charge on any atom is -0.355 e. The molecule has 0 saturated carbocycles. The molecule has 2 aromatic rings. The molecule has 0 atom stereocenters. The van der Waals surface area contributed by atoms with Gasteiger partial charge >= 0.3 is 6.18 Å². The Morgan fingerprint density at radius 2 is 1.97 bits per heavy atom. The summed E-state index contributed by atoms with van der Waals surface area (Å²) in [6, 6.07) is 3.74. The zero-order valence-electron chi connectivity index (χ0n) is 17.9. The van der Waals surface area contributed by atoms with Crippen LogP contribution in [0.2, 0.25) is 0 Å². The van der Waals surface area contributed by atoms with E-state index in [0.29, 0.717) is 31.9 Å². The fraction of sp³-hybridized carbons (Fsp3) is 0.524. The van der Waals surface area contributed by atoms with Gasteiger partial charge in [-0.05, 0) is 44.4 Å². The summed E-state index contributed by atoms with van der Waals surface area (Å²) < 4.78 is 65.5. The van der Waals surface area contributed by atoms with Gasteiger partial charge in [0, 0.05) is 36.9 Å². The van der Waals surface area contributed by atoms with Gasteiger partial charge in [-0.2, -0.15) is 17.5 Å². The van der Waals surface area contributed by atoms with Crippen molar-refractivity contribution in [1.29, 1.82) is 0 Å². The van der Waals surface area contributed by atoms with E-state index in [1.54, 1.807) is 11.3 Å². The van der Waals surface area contributed by atoms with Crippen LogP contribution in [0.15, 0.2) is 29.2 Å². The number of nitrogens with zero attached hydrogens (tertiary/aromatic N) is 2. The van der Waals surface area contributed by atoms with E-state index in [1.807, 2.05) is 13.8 Å². The zero-order chi connectivity index (χ0) is 23.5. The molecule has 0 bridgehead atoms. The largest absolute Gasteiger partial charge is 0.416 e. The molecular formula is C21H26F3N3O3S2. The molecule has 11 heteroatoms. The lowest BCUT2D eigenvalue weighted by Crippen LogP contribution is -2.43. The average molecular weight is 490 g/mol. The van der Waals surface area contributed by atoms with Crippen molar-refractivity contribution in [3.05, 3.63) is 45.4 Å². The minimum atomic E-state index is -4.62. The highest BCUT2D eigenvalue weighted by atomic mass is 32.2. The van der Waals surface area contributed by atoms with E-state index in [9.17, 15) is 26.4 Å². The molecule has 0 unspecified atom stereocenters. The Labute approximate surface area is 189 Å². The van der Waals surface area contributed by atoms with Crippen LogP contribution in [0.5, 0.6) is 0 Å². The van der Waals surface area contributed by atoms with E-state index in [4.69, 9.17) is 0 Å². The number of sulfonamides is 1. The van der Waals surface area contributed by atoms with Crippen LogP contribution < -0.4 is 5.32 Å². The fourth-order valence-corrected chi connectivity index (χ4v) is 6.24. The van der Waals surface area contributed by atoms with Crippen LogP contribution in [0.1, 0.15) is 40.9 Å². The zero-order valence-corrected chi connectivity index (χ0v) is 19.5. The smallest absolute Gasteiger partial charge is 0.355 e. The molecule has 176 valence electrons. The molecule has 1 amide bonds. The van der Waals surface area contributed by atoms with Crippen molar-refractivity contribution in [3.8, 4) is 0 Å². The number of piperidine rings is 1. The topological polar surface area (TPSA) is 79.4 Å². The fourth-order valence-electron chi connectivity index (χ4n) is 3.70. The molecule has 1 saturated heterocycles. The number of thiazole rings is 1. The predicted molar refractivity (Wildman–Crippen MR) is 116 cm³/mol. The molecule has 1 aromatic heterocycles. The van der Waals surface area contributed by atoms with Gasteiger partial charge in [-0.1, -0.05) is 13.0 Å². The molecule has 2 heterocycles. The van der Waals surface area contributed by atoms with Crippen molar-refractivity contribution < 1.29 is 26.4 Å². The van der Waals surface area contributed by atoms with Gasteiger partial charge in [-0.3, -0.25) is 4.79 Å². The van der Waals surface area contributed by atoms with Crippen LogP contribution in [0, 0.1) is 12.8 Å². The monoisotopic (exact) mass is 489 g/mol. The number of rotatable bonds is 7. The number of alkyl halides is 3. The maximum Gasteiger partial charge on any atom is 0.416 e. The van der Waals surface area contributed by atoms with Gasteiger partial charge in [0.05, 0.1) is 21.2 Å². The van der Waals surface area contributed by atoms with Gasteiger partial charge in [-0.25, -0.2) is 13.4 Å². The molecule has 6 nitrogen and oxygen atoms in total. The maximum absolute atomic E-state index is 12.9. The summed E-state index contributed by atoms with van der Waals surface area (Å²) in [4.78, 5) is 17.8. The Balaban J connectivity index is 1.53. The molecule has 1 aliphatic heterocycles. The van der Waals surface area contributed by atoms with E-state index in [2.05, 4.69) is 10.3 Å². The number of aromatic nitrogens is 1. The second-order valence-corrected chi connectivity index (χ2v) is 10.9. The van der Waals surface area contributed by atoms with Gasteiger partial charge < -0.3 is 5.32 Å². The molecule has 32 heavy (non-hydrogen) atoms. The predicted octanol–water partition coefficient (Wildman–Crippen LogP) is 3.79. The van der Waals surface area contributed by atoms with Crippen molar-refractivity contribution >= 4 is 27.3 Å². The summed E-state index contributed by atoms with van der Waals surface area (Å²) in [6.45, 7) is 4.70. The Morgan fingerprint density at radius 1 is 1.28 bits per heavy atom. The van der Waals surface area contributed by atoms with Gasteiger partial charge in [0.15, 0.2) is 0 Å². The van der Waals surface area contributed by atoms with Crippen molar-refractivity contribution in [2.45, 2.75) is 50.6 Å². The van der Waals surface area contributed by atoms with Crippen molar-refractivity contribution in [1.82, 2.24) is 14.6 Å². The van der Waals surface area contributed by atoms with Gasteiger partial charge in [0.1, 0.15) is 0 Å². The molecule has 1 aliphatic rings. The summed E-state index contributed by atoms with van der Waals surface area (Å²) in [5.74, 6) is -0.461. The van der Waals surface area contributed by atoms with E-state index in [1.165, 1.54) is 4.88 Å². The quantitative estimate of drug-likeness (QED) is 0.642. The Hall–Kier alpha value is -1.98. The Kier molecular flexibility index (Phi) is 7.61. The molecule has 1 N–H and O–H groups in total.